The van der Waals surface area contributed by atoms with Crippen LogP contribution in [0.3, 0.4) is 0 Å². The van der Waals surface area contributed by atoms with Gasteiger partial charge >= 0.3 is 0 Å². The number of ether oxygens (including phenoxy) is 1. The van der Waals surface area contributed by atoms with Crippen molar-refractivity contribution in [1.82, 2.24) is 10.2 Å². The van der Waals surface area contributed by atoms with Gasteiger partial charge < -0.3 is 15.0 Å². The van der Waals surface area contributed by atoms with E-state index in [1.165, 1.54) is 0 Å². The summed E-state index contributed by atoms with van der Waals surface area (Å²) in [5.41, 5.74) is 2.68. The zero-order valence-electron chi connectivity index (χ0n) is 19.7. The molecule has 2 amide bonds. The Labute approximate surface area is 206 Å². The number of benzene rings is 3. The highest BCUT2D eigenvalue weighted by Gasteiger charge is 2.31. The zero-order valence-corrected chi connectivity index (χ0v) is 20.4. The van der Waals surface area contributed by atoms with E-state index in [-0.39, 0.29) is 25.0 Å². The normalized spacial score (nSPS) is 11.5. The first-order valence-electron chi connectivity index (χ1n) is 11.5. The summed E-state index contributed by atoms with van der Waals surface area (Å²) in [6.45, 7) is 4.49. The van der Waals surface area contributed by atoms with Crippen molar-refractivity contribution in [2.75, 3.05) is 13.2 Å². The molecule has 0 spiro atoms. The van der Waals surface area contributed by atoms with Crippen LogP contribution in [0.15, 0.2) is 78.9 Å². The topological polar surface area (TPSA) is 58.6 Å². The van der Waals surface area contributed by atoms with E-state index < -0.39 is 6.04 Å². The molecule has 34 heavy (non-hydrogen) atoms. The van der Waals surface area contributed by atoms with Crippen molar-refractivity contribution in [2.45, 2.75) is 39.3 Å². The molecule has 0 unspecified atom stereocenters. The van der Waals surface area contributed by atoms with Crippen LogP contribution in [0.25, 0.3) is 0 Å². The van der Waals surface area contributed by atoms with Crippen LogP contribution in [0.5, 0.6) is 5.75 Å². The summed E-state index contributed by atoms with van der Waals surface area (Å²) in [4.78, 5) is 28.4. The number of amides is 2. The van der Waals surface area contributed by atoms with Crippen molar-refractivity contribution >= 4 is 23.4 Å². The third kappa shape index (κ3) is 7.09. The number of hydrogen-bond donors (Lipinski definition) is 1. The summed E-state index contributed by atoms with van der Waals surface area (Å²) in [6.07, 6.45) is 1.19. The average molecular weight is 479 g/mol. The summed E-state index contributed by atoms with van der Waals surface area (Å²) in [7, 11) is 0. The van der Waals surface area contributed by atoms with Crippen LogP contribution in [0, 0.1) is 6.92 Å². The van der Waals surface area contributed by atoms with Gasteiger partial charge in [0.2, 0.25) is 5.91 Å². The molecule has 3 aromatic carbocycles. The maximum atomic E-state index is 13.5. The van der Waals surface area contributed by atoms with Crippen LogP contribution in [0.4, 0.5) is 0 Å². The van der Waals surface area contributed by atoms with Gasteiger partial charge in [0.05, 0.1) is 0 Å². The number of hydrogen-bond acceptors (Lipinski definition) is 3. The molecule has 0 aliphatic carbocycles. The largest absolute Gasteiger partial charge is 0.484 e. The summed E-state index contributed by atoms with van der Waals surface area (Å²) >= 11 is 6.43. The third-order valence-electron chi connectivity index (χ3n) is 5.56. The molecule has 3 rings (SSSR count). The average Bonchev–Trinajstić information content (AvgIpc) is 2.85. The van der Waals surface area contributed by atoms with Gasteiger partial charge in [0, 0.05) is 24.5 Å². The van der Waals surface area contributed by atoms with Crippen LogP contribution < -0.4 is 10.1 Å². The highest BCUT2D eigenvalue weighted by molar-refractivity contribution is 6.31. The fourth-order valence-corrected chi connectivity index (χ4v) is 3.87. The Kier molecular flexibility index (Phi) is 9.53. The summed E-state index contributed by atoms with van der Waals surface area (Å²) in [5.74, 6) is 0.168. The Bertz CT molecular complexity index is 1090. The van der Waals surface area contributed by atoms with E-state index in [9.17, 15) is 9.59 Å². The van der Waals surface area contributed by atoms with Crippen molar-refractivity contribution in [3.8, 4) is 5.75 Å². The predicted molar refractivity (Wildman–Crippen MR) is 136 cm³/mol. The molecule has 0 fully saturated rings. The highest BCUT2D eigenvalue weighted by atomic mass is 35.5. The Hall–Kier alpha value is -3.31. The molecule has 1 atom stereocenters. The van der Waals surface area contributed by atoms with Crippen molar-refractivity contribution < 1.29 is 14.3 Å². The van der Waals surface area contributed by atoms with E-state index >= 15 is 0 Å². The van der Waals surface area contributed by atoms with Crippen molar-refractivity contribution in [1.29, 1.82) is 0 Å². The van der Waals surface area contributed by atoms with Gasteiger partial charge in [-0.2, -0.15) is 0 Å². The second kappa shape index (κ2) is 12.8. The fourth-order valence-electron chi connectivity index (χ4n) is 3.67. The smallest absolute Gasteiger partial charge is 0.261 e. The monoisotopic (exact) mass is 478 g/mol. The van der Waals surface area contributed by atoms with E-state index in [1.54, 1.807) is 11.0 Å². The van der Waals surface area contributed by atoms with E-state index in [4.69, 9.17) is 16.3 Å². The van der Waals surface area contributed by atoms with E-state index in [1.807, 2.05) is 86.6 Å². The Morgan fingerprint density at radius 2 is 1.65 bits per heavy atom. The molecule has 6 heteroatoms. The number of para-hydroxylation sites is 1. The molecule has 0 aromatic heterocycles. The van der Waals surface area contributed by atoms with Gasteiger partial charge in [-0.05, 0) is 42.2 Å². The first-order chi connectivity index (χ1) is 16.5. The lowest BCUT2D eigenvalue weighted by Gasteiger charge is -2.31. The second-order valence-electron chi connectivity index (χ2n) is 8.16. The molecule has 0 heterocycles. The van der Waals surface area contributed by atoms with Crippen molar-refractivity contribution in [2.24, 2.45) is 0 Å². The first kappa shape index (κ1) is 25.3. The van der Waals surface area contributed by atoms with Crippen LogP contribution >= 0.6 is 11.6 Å². The number of carbonyl (C=O) groups excluding carboxylic acids is 2. The van der Waals surface area contributed by atoms with Crippen LogP contribution in [-0.4, -0.2) is 35.9 Å². The lowest BCUT2D eigenvalue weighted by Crippen LogP contribution is -2.51. The number of nitrogens with one attached hydrogen (secondary N) is 1. The molecule has 178 valence electrons. The number of rotatable bonds is 11. The molecular formula is C28H31ClN2O3. The lowest BCUT2D eigenvalue weighted by atomic mass is 10.0. The minimum atomic E-state index is -0.710. The highest BCUT2D eigenvalue weighted by Crippen LogP contribution is 2.21. The fraction of sp³-hybridized carbons (Fsp3) is 0.286. The minimum Gasteiger partial charge on any atom is -0.484 e. The quantitative estimate of drug-likeness (QED) is 0.412. The number of halogens is 1. The molecule has 0 aliphatic heterocycles. The molecule has 0 saturated heterocycles. The van der Waals surface area contributed by atoms with Gasteiger partial charge in [-0.3, -0.25) is 9.59 Å². The molecule has 0 saturated carbocycles. The van der Waals surface area contributed by atoms with Crippen LogP contribution in [0.1, 0.15) is 30.0 Å². The van der Waals surface area contributed by atoms with Gasteiger partial charge in [-0.1, -0.05) is 85.3 Å². The van der Waals surface area contributed by atoms with Gasteiger partial charge in [0.25, 0.3) is 5.91 Å². The second-order valence-corrected chi connectivity index (χ2v) is 8.57. The van der Waals surface area contributed by atoms with Gasteiger partial charge in [0.1, 0.15) is 11.8 Å². The van der Waals surface area contributed by atoms with Gasteiger partial charge in [-0.15, -0.1) is 0 Å². The minimum absolute atomic E-state index is 0.179. The van der Waals surface area contributed by atoms with Crippen LogP contribution in [-0.2, 0) is 22.6 Å². The summed E-state index contributed by atoms with van der Waals surface area (Å²) in [5, 5.41) is 3.51. The molecule has 0 aliphatic rings. The molecule has 1 N–H and O–H groups in total. The van der Waals surface area contributed by atoms with E-state index in [0.717, 1.165) is 23.1 Å². The third-order valence-corrected chi connectivity index (χ3v) is 5.93. The lowest BCUT2D eigenvalue weighted by molar-refractivity contribution is -0.142. The summed E-state index contributed by atoms with van der Waals surface area (Å²) < 4.78 is 5.85. The number of carbonyl (C=O) groups is 2. The molecule has 3 aromatic rings. The summed E-state index contributed by atoms with van der Waals surface area (Å²) in [6, 6.07) is 23.9. The number of aryl methyl sites for hydroxylation is 1. The van der Waals surface area contributed by atoms with Crippen molar-refractivity contribution in [3.05, 3.63) is 101 Å². The Morgan fingerprint density at radius 1 is 0.971 bits per heavy atom. The first-order valence-corrected chi connectivity index (χ1v) is 11.9. The standard InChI is InChI=1S/C28H31ClN2O3/c1-3-17-30-28(33)25(18-22-12-5-4-6-13-22)31(19-23-14-8-9-15-24(23)29)27(32)20-34-26-16-10-7-11-21(26)2/h4-16,25H,3,17-20H2,1-2H3,(H,30,33)/t25-/m0/s1. The van der Waals surface area contributed by atoms with Crippen LogP contribution in [0.2, 0.25) is 5.02 Å². The van der Waals surface area contributed by atoms with Crippen molar-refractivity contribution in [3.63, 3.8) is 0 Å². The predicted octanol–water partition coefficient (Wildman–Crippen LogP) is 5.19. The van der Waals surface area contributed by atoms with Gasteiger partial charge in [-0.25, -0.2) is 0 Å². The number of nitrogens with zero attached hydrogens (tertiary/aromatic N) is 1. The van der Waals surface area contributed by atoms with E-state index in [0.29, 0.717) is 23.7 Å². The molecule has 0 radical (unpaired) electrons. The van der Waals surface area contributed by atoms with Gasteiger partial charge in [0.15, 0.2) is 6.61 Å². The zero-order chi connectivity index (χ0) is 24.3. The maximum absolute atomic E-state index is 13.5. The SMILES string of the molecule is CCCNC(=O)[C@H](Cc1ccccc1)N(Cc1ccccc1Cl)C(=O)COc1ccccc1C. The molecule has 5 nitrogen and oxygen atoms in total. The molecular weight excluding hydrogens is 448 g/mol. The maximum Gasteiger partial charge on any atom is 0.261 e. The Morgan fingerprint density at radius 3 is 2.35 bits per heavy atom. The molecule has 0 bridgehead atoms. The Balaban J connectivity index is 1.91. The van der Waals surface area contributed by atoms with E-state index in [2.05, 4.69) is 5.32 Å².